The number of nitrogens with zero attached hydrogens (tertiary/aromatic N) is 1. The molecule has 2 aromatic rings. The normalized spacial score (nSPS) is 11.1. The first-order chi connectivity index (χ1) is 11.3. The molecule has 8 heteroatoms. The number of benzene rings is 2. The van der Waals surface area contributed by atoms with E-state index in [-0.39, 0.29) is 24.3 Å². The highest BCUT2D eigenvalue weighted by Crippen LogP contribution is 2.21. The number of amides is 1. The molecule has 24 heavy (non-hydrogen) atoms. The number of nitrogens with one attached hydrogen (secondary N) is 1. The van der Waals surface area contributed by atoms with Crippen molar-refractivity contribution in [1.29, 1.82) is 0 Å². The van der Waals surface area contributed by atoms with Crippen molar-refractivity contribution in [3.05, 3.63) is 60.2 Å². The Labute approximate surface area is 139 Å². The van der Waals surface area contributed by atoms with Crippen molar-refractivity contribution in [1.82, 2.24) is 0 Å². The monoisotopic (exact) mass is 354 g/mol. The lowest BCUT2D eigenvalue weighted by Crippen LogP contribution is -2.33. The zero-order valence-electron chi connectivity index (χ0n) is 12.9. The van der Waals surface area contributed by atoms with E-state index in [0.717, 1.165) is 16.6 Å². The SMILES string of the molecule is CS(=O)(=O)N(CCC(=O)Nc1ccccc1F)c1ccccc1F. The minimum Gasteiger partial charge on any atom is -0.324 e. The van der Waals surface area contributed by atoms with E-state index in [4.69, 9.17) is 0 Å². The molecule has 5 nitrogen and oxygen atoms in total. The van der Waals surface area contributed by atoms with Gasteiger partial charge in [-0.2, -0.15) is 0 Å². The maximum Gasteiger partial charge on any atom is 0.232 e. The van der Waals surface area contributed by atoms with Gasteiger partial charge in [-0.15, -0.1) is 0 Å². The number of rotatable bonds is 6. The second-order valence-electron chi connectivity index (χ2n) is 5.06. The molecule has 1 amide bonds. The Hall–Kier alpha value is -2.48. The van der Waals surface area contributed by atoms with Crippen molar-refractivity contribution in [2.24, 2.45) is 0 Å². The van der Waals surface area contributed by atoms with Crippen LogP contribution in [0.5, 0.6) is 0 Å². The zero-order valence-corrected chi connectivity index (χ0v) is 13.7. The molecule has 0 aliphatic heterocycles. The summed E-state index contributed by atoms with van der Waals surface area (Å²) >= 11 is 0. The first kappa shape index (κ1) is 17.9. The molecule has 0 spiro atoms. The average Bonchev–Trinajstić information content (AvgIpc) is 2.50. The van der Waals surface area contributed by atoms with Gasteiger partial charge < -0.3 is 5.32 Å². The van der Waals surface area contributed by atoms with Crippen molar-refractivity contribution >= 4 is 27.3 Å². The third-order valence-corrected chi connectivity index (χ3v) is 4.39. The van der Waals surface area contributed by atoms with E-state index in [1.165, 1.54) is 36.4 Å². The number of para-hydroxylation sites is 2. The van der Waals surface area contributed by atoms with Crippen LogP contribution in [-0.2, 0) is 14.8 Å². The van der Waals surface area contributed by atoms with Gasteiger partial charge in [0.05, 0.1) is 17.6 Å². The van der Waals surface area contributed by atoms with Crippen LogP contribution < -0.4 is 9.62 Å². The molecule has 0 atom stereocenters. The highest BCUT2D eigenvalue weighted by atomic mass is 32.2. The molecule has 2 rings (SSSR count). The molecule has 0 unspecified atom stereocenters. The van der Waals surface area contributed by atoms with E-state index >= 15 is 0 Å². The van der Waals surface area contributed by atoms with Crippen LogP contribution in [0.15, 0.2) is 48.5 Å². The van der Waals surface area contributed by atoms with Crippen molar-refractivity contribution < 1.29 is 22.0 Å². The van der Waals surface area contributed by atoms with Crippen molar-refractivity contribution in [2.75, 3.05) is 22.4 Å². The molecular weight excluding hydrogens is 338 g/mol. The lowest BCUT2D eigenvalue weighted by molar-refractivity contribution is -0.116. The second kappa shape index (κ2) is 7.39. The number of sulfonamides is 1. The van der Waals surface area contributed by atoms with Crippen molar-refractivity contribution in [3.8, 4) is 0 Å². The molecule has 2 aromatic carbocycles. The molecule has 0 heterocycles. The van der Waals surface area contributed by atoms with E-state index < -0.39 is 27.6 Å². The Morgan fingerprint density at radius 2 is 1.62 bits per heavy atom. The van der Waals surface area contributed by atoms with E-state index in [1.54, 1.807) is 6.07 Å². The predicted octanol–water partition coefficient (Wildman–Crippen LogP) is 2.76. The topological polar surface area (TPSA) is 66.5 Å². The number of hydrogen-bond acceptors (Lipinski definition) is 3. The van der Waals surface area contributed by atoms with Gasteiger partial charge in [-0.25, -0.2) is 17.2 Å². The van der Waals surface area contributed by atoms with Crippen LogP contribution in [0.3, 0.4) is 0 Å². The van der Waals surface area contributed by atoms with Gasteiger partial charge in [0, 0.05) is 13.0 Å². The maximum absolute atomic E-state index is 13.8. The fourth-order valence-corrected chi connectivity index (χ4v) is 3.03. The quantitative estimate of drug-likeness (QED) is 0.867. The first-order valence-corrected chi connectivity index (χ1v) is 8.90. The van der Waals surface area contributed by atoms with Crippen LogP contribution in [0.25, 0.3) is 0 Å². The summed E-state index contributed by atoms with van der Waals surface area (Å²) in [6.07, 6.45) is 0.671. The van der Waals surface area contributed by atoms with Crippen LogP contribution >= 0.6 is 0 Å². The summed E-state index contributed by atoms with van der Waals surface area (Å²) in [6.45, 7) is -0.264. The summed E-state index contributed by atoms with van der Waals surface area (Å²) in [5, 5.41) is 2.35. The number of hydrogen-bond donors (Lipinski definition) is 1. The molecule has 0 bridgehead atoms. The minimum absolute atomic E-state index is 0.000651. The minimum atomic E-state index is -3.78. The van der Waals surface area contributed by atoms with Gasteiger partial charge in [-0.3, -0.25) is 9.10 Å². The molecule has 128 valence electrons. The van der Waals surface area contributed by atoms with E-state index in [0.29, 0.717) is 0 Å². The molecule has 0 aromatic heterocycles. The smallest absolute Gasteiger partial charge is 0.232 e. The lowest BCUT2D eigenvalue weighted by atomic mass is 10.2. The fourth-order valence-electron chi connectivity index (χ4n) is 2.10. The Morgan fingerprint density at radius 3 is 2.21 bits per heavy atom. The number of anilines is 2. The summed E-state index contributed by atoms with van der Waals surface area (Å²) < 4.78 is 51.9. The first-order valence-electron chi connectivity index (χ1n) is 7.05. The Balaban J connectivity index is 2.10. The van der Waals surface area contributed by atoms with E-state index in [2.05, 4.69) is 5.32 Å². The van der Waals surface area contributed by atoms with Gasteiger partial charge in [0.1, 0.15) is 11.6 Å². The van der Waals surface area contributed by atoms with Crippen LogP contribution in [0.1, 0.15) is 6.42 Å². The second-order valence-corrected chi connectivity index (χ2v) is 6.97. The standard InChI is InChI=1S/C16H16F2N2O3S/c1-24(22,23)20(15-9-5-3-7-13(15)18)11-10-16(21)19-14-8-4-2-6-12(14)17/h2-9H,10-11H2,1H3,(H,19,21). The highest BCUT2D eigenvalue weighted by Gasteiger charge is 2.21. The molecule has 0 fully saturated rings. The zero-order chi connectivity index (χ0) is 17.7. The lowest BCUT2D eigenvalue weighted by Gasteiger charge is -2.22. The molecular formula is C16H16F2N2O3S. The number of carbonyl (C=O) groups excluding carboxylic acids is 1. The fraction of sp³-hybridized carbons (Fsp3) is 0.188. The molecule has 0 aliphatic rings. The van der Waals surface area contributed by atoms with Crippen LogP contribution in [0, 0.1) is 11.6 Å². The Bertz CT molecular complexity index is 841. The molecule has 0 saturated carbocycles. The molecule has 0 radical (unpaired) electrons. The number of carbonyl (C=O) groups is 1. The van der Waals surface area contributed by atoms with Crippen molar-refractivity contribution in [3.63, 3.8) is 0 Å². The van der Waals surface area contributed by atoms with Gasteiger partial charge in [-0.05, 0) is 24.3 Å². The van der Waals surface area contributed by atoms with Crippen LogP contribution in [-0.4, -0.2) is 27.1 Å². The van der Waals surface area contributed by atoms with Gasteiger partial charge in [0.15, 0.2) is 0 Å². The molecule has 0 aliphatic carbocycles. The Morgan fingerprint density at radius 1 is 1.04 bits per heavy atom. The average molecular weight is 354 g/mol. The van der Waals surface area contributed by atoms with Crippen LogP contribution in [0.2, 0.25) is 0 Å². The third-order valence-electron chi connectivity index (χ3n) is 3.21. The third kappa shape index (κ3) is 4.51. The van der Waals surface area contributed by atoms with E-state index in [1.807, 2.05) is 0 Å². The van der Waals surface area contributed by atoms with Gasteiger partial charge in [0.2, 0.25) is 15.9 Å². The highest BCUT2D eigenvalue weighted by molar-refractivity contribution is 7.92. The maximum atomic E-state index is 13.8. The molecule has 1 N–H and O–H groups in total. The summed E-state index contributed by atoms with van der Waals surface area (Å²) in [6, 6.07) is 11.0. The van der Waals surface area contributed by atoms with Gasteiger partial charge in [0.25, 0.3) is 0 Å². The van der Waals surface area contributed by atoms with Crippen molar-refractivity contribution in [2.45, 2.75) is 6.42 Å². The summed E-state index contributed by atoms with van der Waals surface area (Å²) in [7, 11) is -3.78. The summed E-state index contributed by atoms with van der Waals surface area (Å²) in [5.74, 6) is -1.89. The Kier molecular flexibility index (Phi) is 5.50. The largest absolute Gasteiger partial charge is 0.324 e. The van der Waals surface area contributed by atoms with E-state index in [9.17, 15) is 22.0 Å². The summed E-state index contributed by atoms with van der Waals surface area (Å²) in [4.78, 5) is 11.9. The molecule has 0 saturated heterocycles. The van der Waals surface area contributed by atoms with Gasteiger partial charge in [-0.1, -0.05) is 24.3 Å². The predicted molar refractivity (Wildman–Crippen MR) is 88.2 cm³/mol. The van der Waals surface area contributed by atoms with Gasteiger partial charge >= 0.3 is 0 Å². The number of halogens is 2. The summed E-state index contributed by atoms with van der Waals surface area (Å²) in [5.41, 5.74) is -0.141. The van der Waals surface area contributed by atoms with Crippen LogP contribution in [0.4, 0.5) is 20.2 Å².